The van der Waals surface area contributed by atoms with Crippen LogP contribution in [0.1, 0.15) is 56.9 Å². The van der Waals surface area contributed by atoms with Crippen LogP contribution in [-0.2, 0) is 4.79 Å². The number of hydrogen-bond acceptors (Lipinski definition) is 3. The molecule has 4 rings (SSSR count). The molecule has 3 amide bonds. The summed E-state index contributed by atoms with van der Waals surface area (Å²) in [5, 5.41) is 4.06. The highest BCUT2D eigenvalue weighted by atomic mass is 35.5. The molecule has 0 radical (unpaired) electrons. The smallest absolute Gasteiger partial charge is 0.317 e. The van der Waals surface area contributed by atoms with E-state index in [-0.39, 0.29) is 18.0 Å². The topological polar surface area (TPSA) is 55.9 Å². The zero-order chi connectivity index (χ0) is 22.0. The highest BCUT2D eigenvalue weighted by Gasteiger charge is 2.37. The lowest BCUT2D eigenvalue weighted by atomic mass is 9.87. The Kier molecular flexibility index (Phi) is 7.07. The van der Waals surface area contributed by atoms with Gasteiger partial charge in [-0.05, 0) is 62.1 Å². The van der Waals surface area contributed by atoms with Gasteiger partial charge in [0.25, 0.3) is 0 Å². The maximum Gasteiger partial charge on any atom is 0.317 e. The van der Waals surface area contributed by atoms with Gasteiger partial charge in [-0.15, -0.1) is 0 Å². The van der Waals surface area contributed by atoms with Crippen LogP contribution in [-0.4, -0.2) is 78.0 Å². The van der Waals surface area contributed by atoms with E-state index in [4.69, 9.17) is 11.6 Å². The number of likely N-dealkylation sites (tertiary alicyclic amines) is 2. The summed E-state index contributed by atoms with van der Waals surface area (Å²) in [5.74, 6) is 0.660. The third-order valence-electron chi connectivity index (χ3n) is 7.60. The van der Waals surface area contributed by atoms with Gasteiger partial charge in [0.2, 0.25) is 5.91 Å². The predicted octanol–water partition coefficient (Wildman–Crippen LogP) is 3.70. The van der Waals surface area contributed by atoms with Crippen molar-refractivity contribution < 1.29 is 9.59 Å². The minimum atomic E-state index is 0.102. The Bertz CT molecular complexity index is 764. The van der Waals surface area contributed by atoms with E-state index < -0.39 is 0 Å². The number of likely N-dealkylation sites (N-methyl/N-ethyl adjacent to an activating group) is 1. The van der Waals surface area contributed by atoms with E-state index in [2.05, 4.69) is 22.3 Å². The van der Waals surface area contributed by atoms with Crippen LogP contribution in [0.25, 0.3) is 0 Å². The number of halogens is 1. The first-order chi connectivity index (χ1) is 14.9. The molecule has 3 aliphatic rings. The van der Waals surface area contributed by atoms with Crippen LogP contribution in [0.4, 0.5) is 4.79 Å². The van der Waals surface area contributed by atoms with E-state index in [1.807, 2.05) is 29.0 Å². The van der Waals surface area contributed by atoms with E-state index in [0.29, 0.717) is 18.0 Å². The largest absolute Gasteiger partial charge is 0.340 e. The van der Waals surface area contributed by atoms with Gasteiger partial charge < -0.3 is 15.1 Å². The van der Waals surface area contributed by atoms with Crippen molar-refractivity contribution in [1.82, 2.24) is 20.0 Å². The molecule has 0 aromatic heterocycles. The van der Waals surface area contributed by atoms with Crippen LogP contribution in [0.15, 0.2) is 24.3 Å². The van der Waals surface area contributed by atoms with Gasteiger partial charge in [-0.25, -0.2) is 4.79 Å². The zero-order valence-electron chi connectivity index (χ0n) is 18.7. The van der Waals surface area contributed by atoms with Gasteiger partial charge >= 0.3 is 6.03 Å². The summed E-state index contributed by atoms with van der Waals surface area (Å²) >= 11 is 6.00. The maximum absolute atomic E-state index is 12.8. The highest BCUT2D eigenvalue weighted by Crippen LogP contribution is 2.30. The number of nitrogens with zero attached hydrogens (tertiary/aromatic N) is 3. The molecule has 2 heterocycles. The van der Waals surface area contributed by atoms with Gasteiger partial charge in [-0.3, -0.25) is 9.69 Å². The average Bonchev–Trinajstić information content (AvgIpc) is 2.74. The van der Waals surface area contributed by atoms with Crippen LogP contribution in [0, 0.1) is 0 Å². The Hall–Kier alpha value is -1.79. The number of urea groups is 1. The van der Waals surface area contributed by atoms with Crippen LogP contribution >= 0.6 is 11.6 Å². The number of rotatable bonds is 4. The summed E-state index contributed by atoms with van der Waals surface area (Å²) in [4.78, 5) is 30.6. The van der Waals surface area contributed by atoms with Crippen LogP contribution in [0.2, 0.25) is 5.02 Å². The number of hydrogen-bond donors (Lipinski definition) is 1. The lowest BCUT2D eigenvalue weighted by Crippen LogP contribution is -2.63. The quantitative estimate of drug-likeness (QED) is 0.767. The van der Waals surface area contributed by atoms with Crippen molar-refractivity contribution in [2.45, 2.75) is 69.5 Å². The second-order valence-electron chi connectivity index (χ2n) is 9.51. The van der Waals surface area contributed by atoms with E-state index in [9.17, 15) is 9.59 Å². The number of carbonyl (C=O) groups is 2. The molecule has 1 aromatic carbocycles. The van der Waals surface area contributed by atoms with Gasteiger partial charge in [0.05, 0.1) is 6.04 Å². The van der Waals surface area contributed by atoms with Crippen molar-refractivity contribution in [2.75, 3.05) is 33.2 Å². The molecule has 1 saturated carbocycles. The van der Waals surface area contributed by atoms with Crippen molar-refractivity contribution in [3.8, 4) is 0 Å². The van der Waals surface area contributed by atoms with E-state index >= 15 is 0 Å². The molecule has 2 aliphatic heterocycles. The molecule has 1 aliphatic carbocycles. The summed E-state index contributed by atoms with van der Waals surface area (Å²) in [6.45, 7) is 5.23. The first kappa shape index (κ1) is 22.4. The molecule has 0 spiro atoms. The Labute approximate surface area is 190 Å². The second-order valence-corrected chi connectivity index (χ2v) is 9.94. The number of nitrogens with one attached hydrogen (secondary N) is 1. The molecule has 6 nitrogen and oxygen atoms in total. The molecule has 1 N–H and O–H groups in total. The SMILES string of the molecule is CC(=O)N(C)C1CN(C2CCC(NC(=O)N3CCC(c4ccc(Cl)cc4)CC3)CC2)C1. The van der Waals surface area contributed by atoms with Crippen molar-refractivity contribution in [3.63, 3.8) is 0 Å². The average molecular weight is 447 g/mol. The Morgan fingerprint density at radius 1 is 1.00 bits per heavy atom. The summed E-state index contributed by atoms with van der Waals surface area (Å²) in [7, 11) is 1.90. The molecule has 1 aromatic rings. The van der Waals surface area contributed by atoms with Gasteiger partial charge in [-0.1, -0.05) is 23.7 Å². The summed E-state index contributed by atoms with van der Waals surface area (Å²) in [6, 6.07) is 9.48. The lowest BCUT2D eigenvalue weighted by molar-refractivity contribution is -0.133. The Morgan fingerprint density at radius 3 is 2.19 bits per heavy atom. The monoisotopic (exact) mass is 446 g/mol. The lowest BCUT2D eigenvalue weighted by Gasteiger charge is -2.49. The highest BCUT2D eigenvalue weighted by molar-refractivity contribution is 6.30. The van der Waals surface area contributed by atoms with Gasteiger partial charge in [0, 0.05) is 57.3 Å². The maximum atomic E-state index is 12.8. The Balaban J connectivity index is 1.16. The van der Waals surface area contributed by atoms with E-state index in [1.165, 1.54) is 5.56 Å². The standard InChI is InChI=1S/C24H35ClN4O2/c1-17(30)27(2)23-15-29(16-23)22-9-7-21(8-10-22)26-24(31)28-13-11-19(12-14-28)18-3-5-20(25)6-4-18/h3-6,19,21-23H,7-16H2,1-2H3,(H,26,31). The molecule has 31 heavy (non-hydrogen) atoms. The van der Waals surface area contributed by atoms with Crippen molar-refractivity contribution in [3.05, 3.63) is 34.9 Å². The molecular weight excluding hydrogens is 412 g/mol. The molecule has 3 fully saturated rings. The fourth-order valence-electron chi connectivity index (χ4n) is 5.29. The van der Waals surface area contributed by atoms with Gasteiger partial charge in [0.15, 0.2) is 0 Å². The first-order valence-electron chi connectivity index (χ1n) is 11.7. The summed E-state index contributed by atoms with van der Waals surface area (Å²) in [5.41, 5.74) is 1.32. The molecule has 170 valence electrons. The van der Waals surface area contributed by atoms with Crippen molar-refractivity contribution in [2.24, 2.45) is 0 Å². The predicted molar refractivity (Wildman–Crippen MR) is 123 cm³/mol. The fourth-order valence-corrected chi connectivity index (χ4v) is 5.42. The molecule has 0 unspecified atom stereocenters. The molecular formula is C24H35ClN4O2. The van der Waals surface area contributed by atoms with Crippen LogP contribution in [0.5, 0.6) is 0 Å². The van der Waals surface area contributed by atoms with Gasteiger partial charge in [0.1, 0.15) is 0 Å². The normalized spacial score (nSPS) is 25.7. The molecule has 0 atom stereocenters. The Morgan fingerprint density at radius 2 is 1.61 bits per heavy atom. The molecule has 0 bridgehead atoms. The van der Waals surface area contributed by atoms with Crippen LogP contribution in [0.3, 0.4) is 0 Å². The van der Waals surface area contributed by atoms with Crippen molar-refractivity contribution in [1.29, 1.82) is 0 Å². The third-order valence-corrected chi connectivity index (χ3v) is 7.85. The number of carbonyl (C=O) groups excluding carboxylic acids is 2. The number of piperidine rings is 1. The number of benzene rings is 1. The fraction of sp³-hybridized carbons (Fsp3) is 0.667. The van der Waals surface area contributed by atoms with E-state index in [1.54, 1.807) is 6.92 Å². The summed E-state index contributed by atoms with van der Waals surface area (Å²) < 4.78 is 0. The summed E-state index contributed by atoms with van der Waals surface area (Å²) in [6.07, 6.45) is 6.35. The van der Waals surface area contributed by atoms with Crippen LogP contribution < -0.4 is 5.32 Å². The zero-order valence-corrected chi connectivity index (χ0v) is 19.5. The minimum Gasteiger partial charge on any atom is -0.340 e. The molecule has 7 heteroatoms. The van der Waals surface area contributed by atoms with Crippen molar-refractivity contribution >= 4 is 23.5 Å². The minimum absolute atomic E-state index is 0.102. The molecule has 2 saturated heterocycles. The van der Waals surface area contributed by atoms with Gasteiger partial charge in [-0.2, -0.15) is 0 Å². The number of amides is 3. The second kappa shape index (κ2) is 9.78. The van der Waals surface area contributed by atoms with E-state index in [0.717, 1.165) is 69.7 Å². The third kappa shape index (κ3) is 5.35. The first-order valence-corrected chi connectivity index (χ1v) is 12.1.